The zero-order valence-corrected chi connectivity index (χ0v) is 18.6. The molecule has 11 heteroatoms. The number of halogens is 1. The van der Waals surface area contributed by atoms with Gasteiger partial charge in [-0.25, -0.2) is 12.7 Å². The minimum absolute atomic E-state index is 0. The maximum atomic E-state index is 12.3. The second kappa shape index (κ2) is 10.6. The maximum absolute atomic E-state index is 12.3. The van der Waals surface area contributed by atoms with Crippen LogP contribution in [0.2, 0.25) is 0 Å². The Morgan fingerprint density at radius 2 is 1.71 bits per heavy atom. The van der Waals surface area contributed by atoms with Crippen LogP contribution in [-0.2, 0) is 19.6 Å². The van der Waals surface area contributed by atoms with Gasteiger partial charge in [0.25, 0.3) is 0 Å². The third-order valence-corrected chi connectivity index (χ3v) is 5.76. The predicted octanol–water partition coefficient (Wildman–Crippen LogP) is 0.463. The molecule has 0 bridgehead atoms. The van der Waals surface area contributed by atoms with Crippen molar-refractivity contribution in [3.63, 3.8) is 0 Å². The second-order valence-corrected chi connectivity index (χ2v) is 9.05. The van der Waals surface area contributed by atoms with Crippen LogP contribution in [0.3, 0.4) is 0 Å². The molecule has 1 rings (SSSR count). The summed E-state index contributed by atoms with van der Waals surface area (Å²) in [6, 6.07) is 3.77. The van der Waals surface area contributed by atoms with E-state index in [1.54, 1.807) is 25.1 Å². The normalized spacial score (nSPS) is 12.3. The van der Waals surface area contributed by atoms with Crippen molar-refractivity contribution in [2.75, 3.05) is 45.0 Å². The molecular weight excluding hydrogens is 406 g/mol. The Hall–Kier alpha value is -1.88. The van der Waals surface area contributed by atoms with E-state index in [1.165, 1.54) is 26.2 Å². The first-order chi connectivity index (χ1) is 12.4. The topological polar surface area (TPSA) is 125 Å². The van der Waals surface area contributed by atoms with E-state index >= 15 is 0 Å². The van der Waals surface area contributed by atoms with E-state index < -0.39 is 27.9 Å². The van der Waals surface area contributed by atoms with Gasteiger partial charge >= 0.3 is 0 Å². The third-order valence-electron chi connectivity index (χ3n) is 3.95. The molecular formula is C17H30ClN5O4S. The van der Waals surface area contributed by atoms with Gasteiger partial charge in [0.2, 0.25) is 21.8 Å². The number of nitrogens with zero attached hydrogens (tertiary/aromatic N) is 2. The number of carbonyl (C=O) groups excluding carboxylic acids is 2. The first kappa shape index (κ1) is 26.1. The number of hydrogen-bond acceptors (Lipinski definition) is 6. The number of hydrogen-bond donors (Lipinski definition) is 3. The number of rotatable bonds is 8. The lowest BCUT2D eigenvalue weighted by atomic mass is 10.1. The number of amides is 2. The zero-order chi connectivity index (χ0) is 20.9. The molecule has 2 amide bonds. The van der Waals surface area contributed by atoms with Gasteiger partial charge in [-0.2, -0.15) is 0 Å². The molecule has 9 nitrogen and oxygen atoms in total. The van der Waals surface area contributed by atoms with Crippen LogP contribution >= 0.6 is 12.4 Å². The number of sulfonamides is 1. The molecule has 4 N–H and O–H groups in total. The molecule has 160 valence electrons. The number of benzene rings is 1. The molecule has 0 saturated carbocycles. The minimum Gasteiger partial charge on any atom is -0.376 e. The van der Waals surface area contributed by atoms with Crippen LogP contribution in [-0.4, -0.2) is 65.3 Å². The highest BCUT2D eigenvalue weighted by molar-refractivity contribution is 7.89. The summed E-state index contributed by atoms with van der Waals surface area (Å²) >= 11 is 0. The van der Waals surface area contributed by atoms with Crippen molar-refractivity contribution in [2.45, 2.75) is 24.8 Å². The van der Waals surface area contributed by atoms with Gasteiger partial charge < -0.3 is 21.3 Å². The Bertz CT molecular complexity index is 797. The van der Waals surface area contributed by atoms with Crippen LogP contribution in [0.25, 0.3) is 0 Å². The molecule has 0 aliphatic carbocycles. The van der Waals surface area contributed by atoms with Gasteiger partial charge in [-0.3, -0.25) is 9.59 Å². The Kier molecular flexibility index (Phi) is 9.89. The fourth-order valence-electron chi connectivity index (χ4n) is 2.16. The molecule has 0 aliphatic rings. The van der Waals surface area contributed by atoms with E-state index in [4.69, 9.17) is 5.73 Å². The molecule has 1 aromatic rings. The van der Waals surface area contributed by atoms with Crippen molar-refractivity contribution in [1.29, 1.82) is 0 Å². The summed E-state index contributed by atoms with van der Waals surface area (Å²) in [6.07, 6.45) is 0. The number of nitrogens with two attached hydrogens (primary N) is 1. The highest BCUT2D eigenvalue weighted by Gasteiger charge is 2.21. The summed E-state index contributed by atoms with van der Waals surface area (Å²) in [5, 5.41) is 5.13. The van der Waals surface area contributed by atoms with E-state index in [2.05, 4.69) is 10.6 Å². The van der Waals surface area contributed by atoms with Gasteiger partial charge in [0.1, 0.15) is 0 Å². The molecule has 0 spiro atoms. The Morgan fingerprint density at radius 1 is 1.14 bits per heavy atom. The van der Waals surface area contributed by atoms with Crippen molar-refractivity contribution >= 4 is 45.6 Å². The van der Waals surface area contributed by atoms with E-state index in [-0.39, 0.29) is 29.8 Å². The molecule has 0 unspecified atom stereocenters. The number of nitrogens with one attached hydrogen (secondary N) is 2. The average molecular weight is 436 g/mol. The quantitative estimate of drug-likeness (QED) is 0.544. The first-order valence-electron chi connectivity index (χ1n) is 8.45. The SMILES string of the molecule is CC(C)[C@H](N)C(=O)NCC(=O)Nc1cc(S(=O)(=O)N(C)C)ccc1N(C)C.Cl. The predicted molar refractivity (Wildman–Crippen MR) is 113 cm³/mol. The fraction of sp³-hybridized carbons (Fsp3) is 0.529. The van der Waals surface area contributed by atoms with E-state index in [0.717, 1.165) is 4.31 Å². The zero-order valence-electron chi connectivity index (χ0n) is 17.0. The maximum Gasteiger partial charge on any atom is 0.243 e. The molecule has 0 aromatic heterocycles. The van der Waals surface area contributed by atoms with Gasteiger partial charge in [-0.15, -0.1) is 12.4 Å². The van der Waals surface area contributed by atoms with Crippen LogP contribution in [0.4, 0.5) is 11.4 Å². The molecule has 28 heavy (non-hydrogen) atoms. The van der Waals surface area contributed by atoms with Crippen LogP contribution in [0, 0.1) is 5.92 Å². The lowest BCUT2D eigenvalue weighted by molar-refractivity contribution is -0.125. The molecule has 0 heterocycles. The van der Waals surface area contributed by atoms with Crippen molar-refractivity contribution in [3.05, 3.63) is 18.2 Å². The highest BCUT2D eigenvalue weighted by Crippen LogP contribution is 2.28. The van der Waals surface area contributed by atoms with Crippen molar-refractivity contribution in [1.82, 2.24) is 9.62 Å². The van der Waals surface area contributed by atoms with Crippen LogP contribution in [0.15, 0.2) is 23.1 Å². The largest absolute Gasteiger partial charge is 0.376 e. The Morgan fingerprint density at radius 3 is 2.18 bits per heavy atom. The average Bonchev–Trinajstić information content (AvgIpc) is 2.58. The second-order valence-electron chi connectivity index (χ2n) is 6.90. The van der Waals surface area contributed by atoms with Gasteiger partial charge in [0.15, 0.2) is 0 Å². The summed E-state index contributed by atoms with van der Waals surface area (Å²) in [5.41, 5.74) is 6.70. The minimum atomic E-state index is -3.65. The summed E-state index contributed by atoms with van der Waals surface area (Å²) in [4.78, 5) is 25.9. The Labute approximate surface area is 173 Å². The van der Waals surface area contributed by atoms with Crippen LogP contribution < -0.4 is 21.3 Å². The monoisotopic (exact) mass is 435 g/mol. The molecule has 0 fully saturated rings. The lowest BCUT2D eigenvalue weighted by Gasteiger charge is -2.20. The van der Waals surface area contributed by atoms with Crippen molar-refractivity contribution < 1.29 is 18.0 Å². The van der Waals surface area contributed by atoms with Crippen molar-refractivity contribution in [2.24, 2.45) is 11.7 Å². The van der Waals surface area contributed by atoms with Gasteiger partial charge in [0.05, 0.1) is 28.9 Å². The molecule has 1 aromatic carbocycles. The van der Waals surface area contributed by atoms with Crippen LogP contribution in [0.1, 0.15) is 13.8 Å². The van der Waals surface area contributed by atoms with Crippen LogP contribution in [0.5, 0.6) is 0 Å². The lowest BCUT2D eigenvalue weighted by Crippen LogP contribution is -2.46. The summed E-state index contributed by atoms with van der Waals surface area (Å²) in [7, 11) is 2.76. The summed E-state index contributed by atoms with van der Waals surface area (Å²) < 4.78 is 25.8. The Balaban J connectivity index is 0.00000729. The highest BCUT2D eigenvalue weighted by atomic mass is 35.5. The van der Waals surface area contributed by atoms with E-state index in [0.29, 0.717) is 11.4 Å². The van der Waals surface area contributed by atoms with E-state index in [1.807, 2.05) is 13.8 Å². The first-order valence-corrected chi connectivity index (χ1v) is 9.89. The third kappa shape index (κ3) is 6.62. The van der Waals surface area contributed by atoms with Gasteiger partial charge in [-0.05, 0) is 24.1 Å². The smallest absolute Gasteiger partial charge is 0.243 e. The standard InChI is InChI=1S/C17H29N5O4S.ClH/c1-11(2)16(18)17(24)19-10-15(23)20-13-9-12(27(25,26)22(5)6)7-8-14(13)21(3)4;/h7-9,11,16H,10,18H2,1-6H3,(H,19,24)(H,20,23);1H/t16-;/m0./s1. The summed E-state index contributed by atoms with van der Waals surface area (Å²) in [6.45, 7) is 3.35. The van der Waals surface area contributed by atoms with E-state index in [9.17, 15) is 18.0 Å². The molecule has 1 atom stereocenters. The van der Waals surface area contributed by atoms with Crippen molar-refractivity contribution in [3.8, 4) is 0 Å². The van der Waals surface area contributed by atoms with Gasteiger partial charge in [0, 0.05) is 28.2 Å². The summed E-state index contributed by atoms with van der Waals surface area (Å²) in [5.74, 6) is -0.958. The molecule has 0 saturated heterocycles. The molecule has 0 aliphatic heterocycles. The number of anilines is 2. The number of carbonyl (C=O) groups is 2. The molecule has 0 radical (unpaired) electrons. The fourth-order valence-corrected chi connectivity index (χ4v) is 3.09. The van der Waals surface area contributed by atoms with Gasteiger partial charge in [-0.1, -0.05) is 13.8 Å².